The SMILES string of the molecule is CC(C)(C)OC(=O)N1CCN(c2ccc(-c3nc(C4(c5ccc(-c6cnc(N)nc6)nc5)CCC4)no3)cn2)CC1.Cl.Nc1ncc(-c2ccc(C3(c4noc(-c5ccc(N6CCNCC6)nc5)n4)CCC3)cn2)cn1. The van der Waals surface area contributed by atoms with Crippen molar-refractivity contribution in [1.82, 2.24) is 70.4 Å². The monoisotopic (exact) mass is 1050 g/mol. The van der Waals surface area contributed by atoms with Crippen LogP contribution in [0.3, 0.4) is 0 Å². The average molecular weight is 1050 g/mol. The van der Waals surface area contributed by atoms with Crippen molar-refractivity contribution in [3.63, 3.8) is 0 Å². The first-order valence-corrected chi connectivity index (χ1v) is 25.3. The fourth-order valence-electron chi connectivity index (χ4n) is 9.79. The number of nitrogens with zero attached hydrogens (tertiary/aromatic N) is 15. The van der Waals surface area contributed by atoms with Crippen LogP contribution in [0, 0.1) is 0 Å². The lowest BCUT2D eigenvalue weighted by Crippen LogP contribution is -2.50. The molecule has 4 fully saturated rings. The van der Waals surface area contributed by atoms with Crippen LogP contribution in [0.1, 0.15) is 82.1 Å². The molecule has 0 radical (unpaired) electrons. The van der Waals surface area contributed by atoms with Crippen LogP contribution in [0.5, 0.6) is 0 Å². The second kappa shape index (κ2) is 21.5. The second-order valence-electron chi connectivity index (χ2n) is 20.2. The lowest BCUT2D eigenvalue weighted by atomic mass is 9.64. The van der Waals surface area contributed by atoms with Gasteiger partial charge in [0.1, 0.15) is 17.2 Å². The van der Waals surface area contributed by atoms with Crippen molar-refractivity contribution < 1.29 is 18.6 Å². The molecular weight excluding hydrogens is 988 g/mol. The maximum Gasteiger partial charge on any atom is 0.410 e. The number of hydrogen-bond donors (Lipinski definition) is 3. The van der Waals surface area contributed by atoms with Gasteiger partial charge in [0.05, 0.1) is 33.3 Å². The van der Waals surface area contributed by atoms with Gasteiger partial charge in [0, 0.05) is 113 Å². The van der Waals surface area contributed by atoms with Crippen molar-refractivity contribution in [1.29, 1.82) is 0 Å². The lowest BCUT2D eigenvalue weighted by Gasteiger charge is -2.39. The first kappa shape index (κ1) is 51.3. The third-order valence-electron chi connectivity index (χ3n) is 14.4. The van der Waals surface area contributed by atoms with Crippen LogP contribution in [0.4, 0.5) is 28.3 Å². The minimum absolute atomic E-state index is 0. The Balaban J connectivity index is 0.000000173. The highest BCUT2D eigenvalue weighted by atomic mass is 35.5. The van der Waals surface area contributed by atoms with Crippen LogP contribution < -0.4 is 26.6 Å². The summed E-state index contributed by atoms with van der Waals surface area (Å²) in [5.41, 5.74) is 17.0. The Morgan fingerprint density at radius 3 is 1.36 bits per heavy atom. The third kappa shape index (κ3) is 10.7. The molecule has 22 nitrogen and oxygen atoms in total. The number of pyridine rings is 4. The van der Waals surface area contributed by atoms with Gasteiger partial charge in [0.15, 0.2) is 11.6 Å². The molecule has 1 amide bonds. The Bertz CT molecular complexity index is 3200. The summed E-state index contributed by atoms with van der Waals surface area (Å²) in [7, 11) is 0. The van der Waals surface area contributed by atoms with Gasteiger partial charge in [-0.3, -0.25) is 9.97 Å². The first-order chi connectivity index (χ1) is 36.4. The van der Waals surface area contributed by atoms with Gasteiger partial charge < -0.3 is 45.3 Å². The molecule has 4 aliphatic rings. The molecule has 8 aromatic heterocycles. The summed E-state index contributed by atoms with van der Waals surface area (Å²) >= 11 is 0. The number of nitrogen functional groups attached to an aromatic ring is 2. The smallest absolute Gasteiger partial charge is 0.410 e. The van der Waals surface area contributed by atoms with Gasteiger partial charge in [-0.15, -0.1) is 12.4 Å². The molecule has 0 atom stereocenters. The number of nitrogens with two attached hydrogens (primary N) is 2. The summed E-state index contributed by atoms with van der Waals surface area (Å²) < 4.78 is 16.9. The molecular formula is C53H59ClN18O4. The van der Waals surface area contributed by atoms with Gasteiger partial charge in [-0.2, -0.15) is 9.97 Å². The summed E-state index contributed by atoms with van der Waals surface area (Å²) in [4.78, 5) is 62.9. The summed E-state index contributed by atoms with van der Waals surface area (Å²) in [5, 5.41) is 12.1. The predicted octanol–water partition coefficient (Wildman–Crippen LogP) is 6.96. The number of halogens is 1. The highest BCUT2D eigenvalue weighted by Crippen LogP contribution is 2.49. The summed E-state index contributed by atoms with van der Waals surface area (Å²) in [6, 6.07) is 16.0. The fourth-order valence-corrected chi connectivity index (χ4v) is 9.79. The number of aromatic nitrogens is 12. The Morgan fingerprint density at radius 1 is 0.553 bits per heavy atom. The normalized spacial score (nSPS) is 16.8. The quantitative estimate of drug-likeness (QED) is 0.125. The average Bonchev–Trinajstić information content (AvgIpc) is 4.20. The number of amides is 1. The van der Waals surface area contributed by atoms with Crippen LogP contribution in [0.2, 0.25) is 0 Å². The van der Waals surface area contributed by atoms with Crippen LogP contribution in [0.15, 0.2) is 107 Å². The van der Waals surface area contributed by atoms with E-state index in [-0.39, 0.29) is 41.2 Å². The van der Waals surface area contributed by atoms with E-state index in [1.807, 2.05) is 75.8 Å². The predicted molar refractivity (Wildman–Crippen MR) is 286 cm³/mol. The molecule has 0 bridgehead atoms. The Kier molecular flexibility index (Phi) is 14.5. The van der Waals surface area contributed by atoms with E-state index in [0.29, 0.717) is 49.6 Å². The van der Waals surface area contributed by atoms with E-state index in [1.165, 1.54) is 0 Å². The number of ether oxygens (including phenoxy) is 1. The molecule has 2 saturated heterocycles. The molecule has 2 aliphatic heterocycles. The van der Waals surface area contributed by atoms with Crippen molar-refractivity contribution in [2.75, 3.05) is 73.6 Å². The highest BCUT2D eigenvalue weighted by Gasteiger charge is 2.46. The number of anilines is 4. The van der Waals surface area contributed by atoms with E-state index in [4.69, 9.17) is 35.2 Å². The van der Waals surface area contributed by atoms with Crippen molar-refractivity contribution in [2.24, 2.45) is 0 Å². The summed E-state index contributed by atoms with van der Waals surface area (Å²) in [6.07, 6.45) is 19.7. The van der Waals surface area contributed by atoms with Crippen molar-refractivity contribution >= 4 is 42.0 Å². The van der Waals surface area contributed by atoms with Crippen molar-refractivity contribution in [3.8, 4) is 45.4 Å². The van der Waals surface area contributed by atoms with Gasteiger partial charge in [-0.05, 0) is 94.0 Å². The molecule has 8 aromatic rings. The molecule has 392 valence electrons. The standard InChI is InChI=1S/C29H33N9O3.C24H25N9O.ClH/c1-28(2,3)40-27(39)38-13-11-37(12-14-38)23-8-5-19(15-32-23)24-35-25(36-41-24)29(9-4-10-29)21-6-7-22(31-18-21)20-16-33-26(30)34-17-20;25-23-29-13-17(14-30-23)19-4-3-18(15-27-19)24(6-1-7-24)22-31-21(34-32-22)16-2-5-20(28-12-16)33-10-8-26-9-11-33;/h5-8,15-18H,4,9-14H2,1-3H3,(H2,30,33,34);2-5,12-15,26H,1,6-11H2,(H2,25,29,30);1H. The number of hydrogen-bond acceptors (Lipinski definition) is 21. The van der Waals surface area contributed by atoms with Crippen molar-refractivity contribution in [3.05, 3.63) is 121 Å². The molecule has 0 spiro atoms. The zero-order valence-corrected chi connectivity index (χ0v) is 43.4. The van der Waals surface area contributed by atoms with Crippen LogP contribution >= 0.6 is 12.4 Å². The Labute approximate surface area is 445 Å². The minimum atomic E-state index is -0.506. The number of rotatable bonds is 10. The lowest BCUT2D eigenvalue weighted by molar-refractivity contribution is 0.0240. The maximum absolute atomic E-state index is 12.4. The topological polar surface area (TPSA) is 281 Å². The van der Waals surface area contributed by atoms with E-state index < -0.39 is 5.60 Å². The first-order valence-electron chi connectivity index (χ1n) is 25.3. The molecule has 76 heavy (non-hydrogen) atoms. The van der Waals surface area contributed by atoms with E-state index in [0.717, 1.165) is 121 Å². The Morgan fingerprint density at radius 2 is 0.987 bits per heavy atom. The van der Waals surface area contributed by atoms with Gasteiger partial charge in [-0.1, -0.05) is 35.3 Å². The minimum Gasteiger partial charge on any atom is -0.444 e. The van der Waals surface area contributed by atoms with Crippen LogP contribution in [-0.4, -0.2) is 129 Å². The number of carbonyl (C=O) groups excluding carboxylic acids is 1. The van der Waals surface area contributed by atoms with Crippen LogP contribution in [0.25, 0.3) is 45.4 Å². The molecule has 23 heteroatoms. The maximum atomic E-state index is 12.4. The summed E-state index contributed by atoms with van der Waals surface area (Å²) in [6.45, 7) is 12.0. The number of piperazine rings is 2. The fraction of sp³-hybridized carbons (Fsp3) is 0.377. The van der Waals surface area contributed by atoms with E-state index in [9.17, 15) is 4.79 Å². The van der Waals surface area contributed by atoms with E-state index >= 15 is 0 Å². The highest BCUT2D eigenvalue weighted by molar-refractivity contribution is 5.85. The molecule has 12 rings (SSSR count). The van der Waals surface area contributed by atoms with Gasteiger partial charge in [0.2, 0.25) is 11.9 Å². The van der Waals surface area contributed by atoms with Gasteiger partial charge in [0.25, 0.3) is 11.8 Å². The molecule has 5 N–H and O–H groups in total. The molecule has 0 aromatic carbocycles. The largest absolute Gasteiger partial charge is 0.444 e. The Hall–Kier alpha value is -8.24. The zero-order valence-electron chi connectivity index (χ0n) is 42.5. The third-order valence-corrected chi connectivity index (χ3v) is 14.4. The van der Waals surface area contributed by atoms with Gasteiger partial charge >= 0.3 is 6.09 Å². The number of carbonyl (C=O) groups is 1. The van der Waals surface area contributed by atoms with E-state index in [1.54, 1.807) is 35.9 Å². The molecule has 2 aliphatic carbocycles. The molecule has 2 saturated carbocycles. The van der Waals surface area contributed by atoms with Gasteiger partial charge in [-0.25, -0.2) is 34.7 Å². The number of nitrogens with one attached hydrogen (secondary N) is 1. The van der Waals surface area contributed by atoms with Crippen molar-refractivity contribution in [2.45, 2.75) is 75.7 Å². The molecule has 10 heterocycles. The van der Waals surface area contributed by atoms with Crippen LogP contribution in [-0.2, 0) is 15.6 Å². The zero-order chi connectivity index (χ0) is 51.6. The van der Waals surface area contributed by atoms with E-state index in [2.05, 4.69) is 77.4 Å². The molecule has 0 unspecified atom stereocenters. The second-order valence-corrected chi connectivity index (χ2v) is 20.2. The summed E-state index contributed by atoms with van der Waals surface area (Å²) in [5.74, 6) is 4.57.